The number of fused-ring (bicyclic) bond motifs is 1. The van der Waals surface area contributed by atoms with Gasteiger partial charge in [0.15, 0.2) is 14.1 Å². The smallest absolute Gasteiger partial charge is 0.192 e. The monoisotopic (exact) mass is 412 g/mol. The summed E-state index contributed by atoms with van der Waals surface area (Å²) in [6.07, 6.45) is 14.8. The number of hydrogen-bond acceptors (Lipinski definition) is 3. The molecule has 0 unspecified atom stereocenters. The Labute approximate surface area is 176 Å². The molecule has 0 aromatic heterocycles. The Kier molecular flexibility index (Phi) is 4.01. The normalized spacial score (nSPS) is 43.4. The van der Waals surface area contributed by atoms with Gasteiger partial charge >= 0.3 is 0 Å². The van der Waals surface area contributed by atoms with E-state index in [1.54, 1.807) is 6.08 Å². The van der Waals surface area contributed by atoms with Crippen LogP contribution in [0.1, 0.15) is 66.2 Å². The van der Waals surface area contributed by atoms with Crippen molar-refractivity contribution in [2.75, 3.05) is 0 Å². The van der Waals surface area contributed by atoms with Gasteiger partial charge in [-0.3, -0.25) is 4.79 Å². The average molecular weight is 413 g/mol. The summed E-state index contributed by atoms with van der Waals surface area (Å²) in [5.74, 6) is 0.620. The lowest BCUT2D eigenvalue weighted by molar-refractivity contribution is -0.140. The average Bonchev–Trinajstić information content (AvgIpc) is 3.10. The zero-order valence-electron chi connectivity index (χ0n) is 18.9. The Hall–Kier alpha value is -0.973. The lowest BCUT2D eigenvalue weighted by Gasteiger charge is -2.54. The standard InChI is InChI=1S/C25H36O3Si/c1-22(2,3)29(5,6)27-21-10-9-20-23(21,4)13-11-17-16-18-19(26)8-7-12-24(18)14-15-25(17,20)28-24/h7-8,11,16,20-21H,9-10,12-15H2,1-6H3/t20-,21+,23+,24+,25-/m1/s1. The second-order valence-corrected chi connectivity index (χ2v) is 16.6. The Bertz CT molecular complexity index is 860. The molecule has 5 atom stereocenters. The van der Waals surface area contributed by atoms with Crippen LogP contribution in [0.25, 0.3) is 0 Å². The number of ketones is 1. The van der Waals surface area contributed by atoms with E-state index in [4.69, 9.17) is 9.16 Å². The van der Waals surface area contributed by atoms with Crippen molar-refractivity contribution in [3.05, 3.63) is 35.5 Å². The number of hydrogen-bond donors (Lipinski definition) is 0. The maximum absolute atomic E-state index is 12.6. The van der Waals surface area contributed by atoms with E-state index in [2.05, 4.69) is 52.9 Å². The van der Waals surface area contributed by atoms with E-state index >= 15 is 0 Å². The highest BCUT2D eigenvalue weighted by atomic mass is 28.4. The SMILES string of the molecule is CC(C)(C)[Si](C)(C)O[C@H]1CC[C@@H]2[C@]1(C)CC=C1C=C3C(=O)C=CC[C@]34CC[C@@]12O4. The van der Waals surface area contributed by atoms with Gasteiger partial charge in [-0.05, 0) is 74.4 Å². The van der Waals surface area contributed by atoms with Crippen LogP contribution in [-0.4, -0.2) is 31.4 Å². The van der Waals surface area contributed by atoms with Crippen molar-refractivity contribution < 1.29 is 14.0 Å². The molecule has 2 spiro atoms. The zero-order valence-corrected chi connectivity index (χ0v) is 19.9. The van der Waals surface area contributed by atoms with Crippen LogP contribution in [0, 0.1) is 11.3 Å². The first-order valence-electron chi connectivity index (χ1n) is 11.5. The van der Waals surface area contributed by atoms with Crippen molar-refractivity contribution >= 4 is 14.1 Å². The fraction of sp³-hybridized carbons (Fsp3) is 0.720. The van der Waals surface area contributed by atoms with Crippen molar-refractivity contribution in [3.63, 3.8) is 0 Å². The summed E-state index contributed by atoms with van der Waals surface area (Å²) >= 11 is 0. The van der Waals surface area contributed by atoms with E-state index in [0.29, 0.717) is 12.0 Å². The van der Waals surface area contributed by atoms with Crippen LogP contribution >= 0.6 is 0 Å². The van der Waals surface area contributed by atoms with Crippen molar-refractivity contribution in [2.45, 2.75) is 102 Å². The van der Waals surface area contributed by atoms with E-state index in [-0.39, 0.29) is 27.4 Å². The van der Waals surface area contributed by atoms with Gasteiger partial charge in [-0.1, -0.05) is 39.8 Å². The van der Waals surface area contributed by atoms with Crippen LogP contribution in [0.4, 0.5) is 0 Å². The van der Waals surface area contributed by atoms with Crippen molar-refractivity contribution in [2.24, 2.45) is 11.3 Å². The van der Waals surface area contributed by atoms with E-state index in [0.717, 1.165) is 44.1 Å². The first-order chi connectivity index (χ1) is 13.4. The molecule has 1 saturated heterocycles. The number of carbonyl (C=O) groups is 1. The molecular weight excluding hydrogens is 376 g/mol. The van der Waals surface area contributed by atoms with E-state index in [9.17, 15) is 4.79 Å². The summed E-state index contributed by atoms with van der Waals surface area (Å²) in [5, 5.41) is 0.223. The minimum atomic E-state index is -1.83. The van der Waals surface area contributed by atoms with Crippen molar-refractivity contribution in [1.29, 1.82) is 0 Å². The third-order valence-corrected chi connectivity index (χ3v) is 13.8. The van der Waals surface area contributed by atoms with Gasteiger partial charge in [-0.15, -0.1) is 0 Å². The lowest BCUT2D eigenvalue weighted by Crippen LogP contribution is -2.56. The van der Waals surface area contributed by atoms with Gasteiger partial charge in [0.05, 0.1) is 11.7 Å². The van der Waals surface area contributed by atoms with Crippen LogP contribution in [-0.2, 0) is 14.0 Å². The number of allylic oxidation sites excluding steroid dienone is 2. The molecule has 0 N–H and O–H groups in total. The van der Waals surface area contributed by atoms with E-state index in [1.807, 2.05) is 6.08 Å². The molecule has 0 aromatic carbocycles. The molecule has 158 valence electrons. The zero-order chi connectivity index (χ0) is 20.9. The van der Waals surface area contributed by atoms with Gasteiger partial charge in [0.2, 0.25) is 0 Å². The molecule has 2 aliphatic heterocycles. The van der Waals surface area contributed by atoms with Crippen molar-refractivity contribution in [1.82, 2.24) is 0 Å². The van der Waals surface area contributed by atoms with Gasteiger partial charge in [-0.25, -0.2) is 0 Å². The first-order valence-corrected chi connectivity index (χ1v) is 14.4. The topological polar surface area (TPSA) is 35.5 Å². The minimum absolute atomic E-state index is 0.115. The molecule has 0 aromatic rings. The Morgan fingerprint density at radius 3 is 2.66 bits per heavy atom. The molecule has 2 fully saturated rings. The Morgan fingerprint density at radius 2 is 1.93 bits per heavy atom. The number of carbonyl (C=O) groups excluding carboxylic acids is 1. The van der Waals surface area contributed by atoms with Crippen LogP contribution in [0.3, 0.4) is 0 Å². The minimum Gasteiger partial charge on any atom is -0.413 e. The fourth-order valence-electron chi connectivity index (χ4n) is 6.61. The molecule has 2 heterocycles. The fourth-order valence-corrected chi connectivity index (χ4v) is 8.06. The van der Waals surface area contributed by atoms with Crippen LogP contribution in [0.5, 0.6) is 0 Å². The summed E-state index contributed by atoms with van der Waals surface area (Å²) in [6.45, 7) is 14.2. The maximum atomic E-state index is 12.6. The molecule has 1 saturated carbocycles. The Balaban J connectivity index is 1.52. The molecule has 0 amide bonds. The summed E-state index contributed by atoms with van der Waals surface area (Å²) < 4.78 is 14.0. The molecule has 4 heteroatoms. The highest BCUT2D eigenvalue weighted by Crippen LogP contribution is 2.66. The maximum Gasteiger partial charge on any atom is 0.192 e. The second-order valence-electron chi connectivity index (χ2n) is 11.9. The summed E-state index contributed by atoms with van der Waals surface area (Å²) in [6, 6.07) is 0. The molecule has 3 nitrogen and oxygen atoms in total. The highest BCUT2D eigenvalue weighted by Gasteiger charge is 2.67. The largest absolute Gasteiger partial charge is 0.413 e. The summed E-state index contributed by atoms with van der Waals surface area (Å²) in [4.78, 5) is 12.6. The van der Waals surface area contributed by atoms with Gasteiger partial charge in [0.1, 0.15) is 5.60 Å². The van der Waals surface area contributed by atoms with Gasteiger partial charge in [-0.2, -0.15) is 0 Å². The predicted molar refractivity (Wildman–Crippen MR) is 118 cm³/mol. The van der Waals surface area contributed by atoms with Gasteiger partial charge in [0.25, 0.3) is 0 Å². The van der Waals surface area contributed by atoms with Crippen LogP contribution in [0.15, 0.2) is 35.5 Å². The molecule has 29 heavy (non-hydrogen) atoms. The predicted octanol–water partition coefficient (Wildman–Crippen LogP) is 5.88. The van der Waals surface area contributed by atoms with Crippen molar-refractivity contribution in [3.8, 4) is 0 Å². The second kappa shape index (κ2) is 5.83. The quantitative estimate of drug-likeness (QED) is 0.531. The molecule has 0 radical (unpaired) electrons. The summed E-state index contributed by atoms with van der Waals surface area (Å²) in [5.41, 5.74) is 1.70. The third kappa shape index (κ3) is 2.52. The summed E-state index contributed by atoms with van der Waals surface area (Å²) in [7, 11) is -1.83. The molecule has 5 rings (SSSR count). The lowest BCUT2D eigenvalue weighted by atomic mass is 9.60. The Morgan fingerprint density at radius 1 is 1.17 bits per heavy atom. The number of ether oxygens (including phenoxy) is 1. The van der Waals surface area contributed by atoms with Gasteiger partial charge < -0.3 is 9.16 Å². The third-order valence-electron chi connectivity index (χ3n) is 9.36. The molecular formula is C25H36O3Si. The molecule has 2 bridgehead atoms. The first kappa shape index (κ1) is 20.0. The highest BCUT2D eigenvalue weighted by molar-refractivity contribution is 6.74. The van der Waals surface area contributed by atoms with E-state index in [1.165, 1.54) is 5.57 Å². The number of rotatable bonds is 2. The molecule has 5 aliphatic rings. The molecule has 3 aliphatic carbocycles. The van der Waals surface area contributed by atoms with Crippen LogP contribution < -0.4 is 0 Å². The van der Waals surface area contributed by atoms with E-state index < -0.39 is 8.32 Å². The van der Waals surface area contributed by atoms with Crippen LogP contribution in [0.2, 0.25) is 18.1 Å². The van der Waals surface area contributed by atoms with Gasteiger partial charge in [0, 0.05) is 16.9 Å².